The Labute approximate surface area is 191 Å². The fourth-order valence-electron chi connectivity index (χ4n) is 3.01. The normalized spacial score (nSPS) is 21.8. The minimum atomic E-state index is -5.31. The molecule has 2 aliphatic heterocycles. The van der Waals surface area contributed by atoms with E-state index in [1.807, 2.05) is 0 Å². The number of guanidine groups is 1. The van der Waals surface area contributed by atoms with E-state index in [2.05, 4.69) is 15.6 Å². The molecular formula is C16H29F3IN5O4S. The number of aliphatic imine (C=N–C) groups is 1. The molecule has 176 valence electrons. The quantitative estimate of drug-likeness (QED) is 0.275. The maximum absolute atomic E-state index is 12.7. The lowest BCUT2D eigenvalue weighted by molar-refractivity contribution is -0.127. The molecule has 0 radical (unpaired) electrons. The lowest BCUT2D eigenvalue weighted by Gasteiger charge is -2.32. The molecule has 2 rings (SSSR count). The molecule has 2 saturated heterocycles. The Hall–Kier alpha value is -0.870. The molecule has 0 aromatic rings. The fraction of sp³-hybridized carbons (Fsp3) is 0.875. The van der Waals surface area contributed by atoms with Gasteiger partial charge >= 0.3 is 15.5 Å². The van der Waals surface area contributed by atoms with Crippen molar-refractivity contribution in [3.8, 4) is 0 Å². The van der Waals surface area contributed by atoms with Crippen molar-refractivity contribution in [1.29, 1.82) is 0 Å². The van der Waals surface area contributed by atoms with Crippen LogP contribution in [0.1, 0.15) is 19.3 Å². The van der Waals surface area contributed by atoms with Crippen molar-refractivity contribution < 1.29 is 31.1 Å². The molecule has 0 saturated carbocycles. The van der Waals surface area contributed by atoms with Crippen molar-refractivity contribution in [3.05, 3.63) is 0 Å². The predicted molar refractivity (Wildman–Crippen MR) is 116 cm³/mol. The maximum Gasteiger partial charge on any atom is 0.511 e. The number of sulfonamides is 1. The van der Waals surface area contributed by atoms with Crippen molar-refractivity contribution in [2.24, 2.45) is 10.9 Å². The van der Waals surface area contributed by atoms with E-state index in [9.17, 15) is 26.4 Å². The van der Waals surface area contributed by atoms with Gasteiger partial charge in [-0.25, -0.2) is 13.4 Å². The molecule has 2 aliphatic rings. The number of carbonyl (C=O) groups is 1. The zero-order valence-corrected chi connectivity index (χ0v) is 20.1. The molecule has 0 aromatic carbocycles. The minimum Gasteiger partial charge on any atom is -0.381 e. The first-order valence-electron chi connectivity index (χ1n) is 9.40. The van der Waals surface area contributed by atoms with Crippen LogP contribution >= 0.6 is 24.0 Å². The molecule has 0 bridgehead atoms. The SMILES string of the molecule is CN(C)C(=O)CN=C(NCC1CCOC1)NC1CCN(S(=O)(=O)C(F)(F)F)CC1.I. The van der Waals surface area contributed by atoms with Gasteiger partial charge in [0.15, 0.2) is 5.96 Å². The molecule has 0 spiro atoms. The van der Waals surface area contributed by atoms with Gasteiger partial charge < -0.3 is 20.3 Å². The third-order valence-electron chi connectivity index (χ3n) is 4.88. The molecule has 1 amide bonds. The van der Waals surface area contributed by atoms with Crippen LogP contribution in [-0.2, 0) is 19.6 Å². The van der Waals surface area contributed by atoms with E-state index in [1.165, 1.54) is 4.90 Å². The molecular weight excluding hydrogens is 542 g/mol. The average Bonchev–Trinajstić information content (AvgIpc) is 3.16. The largest absolute Gasteiger partial charge is 0.511 e. The van der Waals surface area contributed by atoms with E-state index >= 15 is 0 Å². The smallest absolute Gasteiger partial charge is 0.381 e. The van der Waals surface area contributed by atoms with Gasteiger partial charge in [-0.1, -0.05) is 0 Å². The first-order valence-corrected chi connectivity index (χ1v) is 10.8. The van der Waals surface area contributed by atoms with Gasteiger partial charge in [0, 0.05) is 52.3 Å². The summed E-state index contributed by atoms with van der Waals surface area (Å²) in [5.74, 6) is 0.496. The highest BCUT2D eigenvalue weighted by molar-refractivity contribution is 14.0. The molecule has 30 heavy (non-hydrogen) atoms. The Balaban J connectivity index is 0.00000450. The number of likely N-dealkylation sites (N-methyl/N-ethyl adjacent to an activating group) is 1. The first-order chi connectivity index (χ1) is 13.5. The average molecular weight is 571 g/mol. The summed E-state index contributed by atoms with van der Waals surface area (Å²) in [6, 6.07) is -0.254. The summed E-state index contributed by atoms with van der Waals surface area (Å²) in [6.45, 7) is 1.36. The third kappa shape index (κ3) is 7.67. The lowest BCUT2D eigenvalue weighted by atomic mass is 10.1. The monoisotopic (exact) mass is 571 g/mol. The Morgan fingerprint density at radius 2 is 1.87 bits per heavy atom. The van der Waals surface area contributed by atoms with Gasteiger partial charge in [-0.05, 0) is 19.3 Å². The standard InChI is InChI=1S/C16H28F3N5O4S.HI/c1-23(2)14(25)10-21-15(20-9-12-5-8-28-11-12)22-13-3-6-24(7-4-13)29(26,27)16(17,18)19;/h12-13H,3-11H2,1-2H3,(H2,20,21,22);1H. The van der Waals surface area contributed by atoms with Gasteiger partial charge in [0.25, 0.3) is 0 Å². The predicted octanol–water partition coefficient (Wildman–Crippen LogP) is 0.578. The number of rotatable bonds is 6. The molecule has 1 unspecified atom stereocenters. The topological polar surface area (TPSA) is 103 Å². The second-order valence-corrected chi connectivity index (χ2v) is 9.26. The van der Waals surface area contributed by atoms with Crippen LogP contribution in [0.5, 0.6) is 0 Å². The number of nitrogens with one attached hydrogen (secondary N) is 2. The number of hydrogen-bond acceptors (Lipinski definition) is 5. The molecule has 0 aromatic heterocycles. The minimum absolute atomic E-state index is 0. The van der Waals surface area contributed by atoms with Gasteiger partial charge in [0.2, 0.25) is 5.91 Å². The van der Waals surface area contributed by atoms with E-state index in [-0.39, 0.29) is 68.4 Å². The van der Waals surface area contributed by atoms with E-state index < -0.39 is 15.5 Å². The van der Waals surface area contributed by atoms with Crippen LogP contribution in [-0.4, -0.2) is 94.5 Å². The van der Waals surface area contributed by atoms with Crippen molar-refractivity contribution >= 4 is 45.9 Å². The number of carbonyl (C=O) groups excluding carboxylic acids is 1. The van der Waals surface area contributed by atoms with Crippen LogP contribution in [0, 0.1) is 5.92 Å². The molecule has 2 fully saturated rings. The Morgan fingerprint density at radius 3 is 2.37 bits per heavy atom. The number of amides is 1. The van der Waals surface area contributed by atoms with Crippen molar-refractivity contribution in [2.45, 2.75) is 30.8 Å². The number of hydrogen-bond donors (Lipinski definition) is 2. The lowest BCUT2D eigenvalue weighted by Crippen LogP contribution is -2.52. The Bertz CT molecular complexity index is 691. The van der Waals surface area contributed by atoms with E-state index in [4.69, 9.17) is 4.74 Å². The molecule has 14 heteroatoms. The van der Waals surface area contributed by atoms with Gasteiger partial charge in [-0.3, -0.25) is 4.79 Å². The second-order valence-electron chi connectivity index (χ2n) is 7.33. The molecule has 2 N–H and O–H groups in total. The van der Waals surface area contributed by atoms with Crippen LogP contribution in [0.15, 0.2) is 4.99 Å². The van der Waals surface area contributed by atoms with E-state index in [0.29, 0.717) is 35.9 Å². The van der Waals surface area contributed by atoms with Crippen molar-refractivity contribution in [2.75, 3.05) is 53.5 Å². The van der Waals surface area contributed by atoms with E-state index in [0.717, 1.165) is 6.42 Å². The van der Waals surface area contributed by atoms with Crippen molar-refractivity contribution in [1.82, 2.24) is 19.8 Å². The number of ether oxygens (including phenoxy) is 1. The van der Waals surface area contributed by atoms with Crippen LogP contribution in [0.2, 0.25) is 0 Å². The molecule has 2 heterocycles. The molecule has 1 atom stereocenters. The third-order valence-corrected chi connectivity index (χ3v) is 6.51. The first kappa shape index (κ1) is 27.2. The van der Waals surface area contributed by atoms with Gasteiger partial charge in [-0.2, -0.15) is 17.5 Å². The zero-order valence-electron chi connectivity index (χ0n) is 16.9. The summed E-state index contributed by atoms with van der Waals surface area (Å²) in [4.78, 5) is 17.5. The van der Waals surface area contributed by atoms with Gasteiger partial charge in [-0.15, -0.1) is 24.0 Å². The van der Waals surface area contributed by atoms with Crippen molar-refractivity contribution in [3.63, 3.8) is 0 Å². The summed E-state index contributed by atoms with van der Waals surface area (Å²) in [5, 5.41) is 6.25. The van der Waals surface area contributed by atoms with Gasteiger partial charge in [0.05, 0.1) is 6.61 Å². The number of nitrogens with zero attached hydrogens (tertiary/aromatic N) is 3. The second kappa shape index (κ2) is 11.7. The highest BCUT2D eigenvalue weighted by Crippen LogP contribution is 2.28. The highest BCUT2D eigenvalue weighted by Gasteiger charge is 2.50. The van der Waals surface area contributed by atoms with Crippen LogP contribution < -0.4 is 10.6 Å². The molecule has 9 nitrogen and oxygen atoms in total. The summed E-state index contributed by atoms with van der Waals surface area (Å²) < 4.78 is 66.9. The van der Waals surface area contributed by atoms with Crippen LogP contribution in [0.25, 0.3) is 0 Å². The summed E-state index contributed by atoms with van der Waals surface area (Å²) in [5.41, 5.74) is -5.29. The zero-order chi connectivity index (χ0) is 21.7. The maximum atomic E-state index is 12.7. The highest BCUT2D eigenvalue weighted by atomic mass is 127. The van der Waals surface area contributed by atoms with Crippen LogP contribution in [0.3, 0.4) is 0 Å². The summed E-state index contributed by atoms with van der Waals surface area (Å²) in [7, 11) is -2.08. The van der Waals surface area contributed by atoms with E-state index in [1.54, 1.807) is 14.1 Å². The summed E-state index contributed by atoms with van der Waals surface area (Å²) in [6.07, 6.45) is 1.30. The number of halogens is 4. The Morgan fingerprint density at radius 1 is 1.23 bits per heavy atom. The fourth-order valence-corrected chi connectivity index (χ4v) is 3.99. The number of piperidine rings is 1. The summed E-state index contributed by atoms with van der Waals surface area (Å²) >= 11 is 0. The van der Waals surface area contributed by atoms with Gasteiger partial charge in [0.1, 0.15) is 6.54 Å². The Kier molecular flexibility index (Phi) is 10.6. The molecule has 0 aliphatic carbocycles. The van der Waals surface area contributed by atoms with Crippen LogP contribution in [0.4, 0.5) is 13.2 Å². The number of alkyl halides is 3.